The second-order valence-corrected chi connectivity index (χ2v) is 2.60. The van der Waals surface area contributed by atoms with E-state index in [1.807, 2.05) is 0 Å². The zero-order valence-corrected chi connectivity index (χ0v) is 5.96. The fourth-order valence-corrected chi connectivity index (χ4v) is 0.989. The molecule has 50 valence electrons. The van der Waals surface area contributed by atoms with Gasteiger partial charge in [-0.05, 0) is 13.3 Å². The van der Waals surface area contributed by atoms with Gasteiger partial charge in [0, 0.05) is 12.6 Å². The third-order valence-electron chi connectivity index (χ3n) is 1.96. The minimum Gasteiger partial charge on any atom is -0.282 e. The highest BCUT2D eigenvalue weighted by molar-refractivity contribution is 5.07. The molecule has 0 aromatic carbocycles. The summed E-state index contributed by atoms with van der Waals surface area (Å²) < 4.78 is 0. The van der Waals surface area contributed by atoms with Gasteiger partial charge in [-0.25, -0.2) is 0 Å². The molecule has 0 aromatic rings. The molecule has 1 heterocycles. The van der Waals surface area contributed by atoms with E-state index >= 15 is 0 Å². The summed E-state index contributed by atoms with van der Waals surface area (Å²) in [7, 11) is 0. The second kappa shape index (κ2) is 2.36. The summed E-state index contributed by atoms with van der Waals surface area (Å²) in [6.45, 7) is 5.31. The van der Waals surface area contributed by atoms with E-state index in [1.165, 1.54) is 0 Å². The first-order valence-electron chi connectivity index (χ1n) is 3.45. The van der Waals surface area contributed by atoms with E-state index in [4.69, 9.17) is 5.26 Å². The first kappa shape index (κ1) is 6.57. The predicted molar refractivity (Wildman–Crippen MR) is 35.9 cm³/mol. The Labute approximate surface area is 56.1 Å². The Kier molecular flexibility index (Phi) is 1.73. The topological polar surface area (TPSA) is 26.8 Å². The number of hydrogen-bond donors (Lipinski definition) is 0. The van der Waals surface area contributed by atoms with Gasteiger partial charge in [0.05, 0.1) is 6.07 Å². The quantitative estimate of drug-likeness (QED) is 0.513. The van der Waals surface area contributed by atoms with Gasteiger partial charge < -0.3 is 0 Å². The first-order chi connectivity index (χ1) is 4.29. The van der Waals surface area contributed by atoms with Crippen molar-refractivity contribution >= 4 is 0 Å². The van der Waals surface area contributed by atoms with Gasteiger partial charge in [0.2, 0.25) is 0 Å². The Morgan fingerprint density at radius 1 is 1.89 bits per heavy atom. The zero-order chi connectivity index (χ0) is 6.85. The summed E-state index contributed by atoms with van der Waals surface area (Å²) in [5, 5.41) is 8.43. The van der Waals surface area contributed by atoms with E-state index in [9.17, 15) is 0 Å². The number of hydrogen-bond acceptors (Lipinski definition) is 2. The van der Waals surface area contributed by atoms with Gasteiger partial charge in [0.25, 0.3) is 0 Å². The van der Waals surface area contributed by atoms with Crippen molar-refractivity contribution in [3.63, 3.8) is 0 Å². The van der Waals surface area contributed by atoms with Gasteiger partial charge in [-0.1, -0.05) is 6.92 Å². The maximum atomic E-state index is 8.43. The van der Waals surface area contributed by atoms with Gasteiger partial charge in [0.15, 0.2) is 0 Å². The molecule has 2 heteroatoms. The van der Waals surface area contributed by atoms with Crippen molar-refractivity contribution in [2.45, 2.75) is 32.4 Å². The molecule has 1 fully saturated rings. The smallest absolute Gasteiger partial charge is 0.111 e. The highest BCUT2D eigenvalue weighted by atomic mass is 15.3. The van der Waals surface area contributed by atoms with Gasteiger partial charge >= 0.3 is 0 Å². The Balaban J connectivity index is 2.27. The number of nitrogens with zero attached hydrogens (tertiary/aromatic N) is 2. The van der Waals surface area contributed by atoms with Crippen LogP contribution in [-0.4, -0.2) is 23.5 Å². The third kappa shape index (κ3) is 1.22. The lowest BCUT2D eigenvalue weighted by molar-refractivity contribution is 0.401. The van der Waals surface area contributed by atoms with E-state index in [-0.39, 0.29) is 6.04 Å². The van der Waals surface area contributed by atoms with Crippen LogP contribution < -0.4 is 0 Å². The fourth-order valence-electron chi connectivity index (χ4n) is 0.989. The van der Waals surface area contributed by atoms with Crippen molar-refractivity contribution in [3.05, 3.63) is 0 Å². The zero-order valence-electron chi connectivity index (χ0n) is 5.96. The van der Waals surface area contributed by atoms with Crippen molar-refractivity contribution in [3.8, 4) is 6.07 Å². The molecular weight excluding hydrogens is 112 g/mol. The van der Waals surface area contributed by atoms with Crippen LogP contribution in [-0.2, 0) is 0 Å². The van der Waals surface area contributed by atoms with Crippen LogP contribution in [0.3, 0.4) is 0 Å². The largest absolute Gasteiger partial charge is 0.282 e. The van der Waals surface area contributed by atoms with Crippen molar-refractivity contribution in [1.82, 2.24) is 4.90 Å². The Morgan fingerprint density at radius 3 is 2.89 bits per heavy atom. The van der Waals surface area contributed by atoms with E-state index in [2.05, 4.69) is 24.8 Å². The van der Waals surface area contributed by atoms with Crippen molar-refractivity contribution < 1.29 is 0 Å². The molecule has 0 aliphatic carbocycles. The van der Waals surface area contributed by atoms with Crippen LogP contribution >= 0.6 is 0 Å². The van der Waals surface area contributed by atoms with E-state index in [1.54, 1.807) is 0 Å². The van der Waals surface area contributed by atoms with Gasteiger partial charge in [-0.2, -0.15) is 5.26 Å². The van der Waals surface area contributed by atoms with Crippen molar-refractivity contribution in [2.24, 2.45) is 0 Å². The molecule has 0 amide bonds. The molecule has 0 spiro atoms. The lowest BCUT2D eigenvalue weighted by Gasteiger charge is -2.07. The molecule has 1 aliphatic rings. The summed E-state index contributed by atoms with van der Waals surface area (Å²) in [4.78, 5) is 2.21. The normalized spacial score (nSPS) is 35.2. The fraction of sp³-hybridized carbons (Fsp3) is 0.857. The van der Waals surface area contributed by atoms with Crippen molar-refractivity contribution in [2.75, 3.05) is 6.54 Å². The molecule has 9 heavy (non-hydrogen) atoms. The minimum absolute atomic E-state index is 0.236. The molecule has 3 atom stereocenters. The minimum atomic E-state index is 0.236. The predicted octanol–water partition coefficient (Wildman–Crippen LogP) is 0.993. The second-order valence-electron chi connectivity index (χ2n) is 2.60. The summed E-state index contributed by atoms with van der Waals surface area (Å²) in [5.74, 6) is 0. The molecule has 0 bridgehead atoms. The number of nitriles is 1. The van der Waals surface area contributed by atoms with E-state index in [0.717, 1.165) is 13.0 Å². The lowest BCUT2D eigenvalue weighted by Crippen LogP contribution is -2.14. The molecule has 0 radical (unpaired) electrons. The molecule has 0 N–H and O–H groups in total. The standard InChI is InChI=1S/C7H12N2/c1-3-6(2)9-5-7(9)4-8/h6-7H,3,5H2,1-2H3. The van der Waals surface area contributed by atoms with Crippen LogP contribution in [0.1, 0.15) is 20.3 Å². The number of rotatable bonds is 2. The summed E-state index contributed by atoms with van der Waals surface area (Å²) in [6, 6.07) is 3.07. The van der Waals surface area contributed by atoms with Crippen LogP contribution in [0.25, 0.3) is 0 Å². The van der Waals surface area contributed by atoms with Crippen LogP contribution in [0.2, 0.25) is 0 Å². The van der Waals surface area contributed by atoms with Gasteiger partial charge in [-0.15, -0.1) is 0 Å². The maximum absolute atomic E-state index is 8.43. The molecule has 1 aliphatic heterocycles. The van der Waals surface area contributed by atoms with Crippen molar-refractivity contribution in [1.29, 1.82) is 5.26 Å². The SMILES string of the molecule is CCC(C)N1CC1C#N. The molecular formula is C7H12N2. The third-order valence-corrected chi connectivity index (χ3v) is 1.96. The lowest BCUT2D eigenvalue weighted by atomic mass is 10.3. The van der Waals surface area contributed by atoms with Crippen LogP contribution in [0.15, 0.2) is 0 Å². The Bertz CT molecular complexity index is 136. The van der Waals surface area contributed by atoms with Gasteiger partial charge in [0.1, 0.15) is 6.04 Å². The van der Waals surface area contributed by atoms with Crippen LogP contribution in [0.4, 0.5) is 0 Å². The first-order valence-corrected chi connectivity index (χ1v) is 3.45. The van der Waals surface area contributed by atoms with Crippen LogP contribution in [0.5, 0.6) is 0 Å². The van der Waals surface area contributed by atoms with Gasteiger partial charge in [-0.3, -0.25) is 4.90 Å². The van der Waals surface area contributed by atoms with E-state index in [0.29, 0.717) is 6.04 Å². The molecule has 1 rings (SSSR count). The molecule has 2 nitrogen and oxygen atoms in total. The monoisotopic (exact) mass is 124 g/mol. The summed E-state index contributed by atoms with van der Waals surface area (Å²) >= 11 is 0. The summed E-state index contributed by atoms with van der Waals surface area (Å²) in [6.07, 6.45) is 1.15. The Morgan fingerprint density at radius 2 is 2.56 bits per heavy atom. The average Bonchev–Trinajstić information content (AvgIpc) is 2.64. The summed E-state index contributed by atoms with van der Waals surface area (Å²) in [5.41, 5.74) is 0. The molecule has 0 aromatic heterocycles. The highest BCUT2D eigenvalue weighted by Gasteiger charge is 2.36. The van der Waals surface area contributed by atoms with E-state index < -0.39 is 0 Å². The maximum Gasteiger partial charge on any atom is 0.111 e. The van der Waals surface area contributed by atoms with Crippen LogP contribution in [0, 0.1) is 11.3 Å². The average molecular weight is 124 g/mol. The molecule has 0 saturated carbocycles. The molecule has 1 saturated heterocycles. The Hall–Kier alpha value is -0.550. The highest BCUT2D eigenvalue weighted by Crippen LogP contribution is 2.21. The molecule has 3 unspecified atom stereocenters.